The summed E-state index contributed by atoms with van der Waals surface area (Å²) in [7, 11) is 3.36. The molecule has 3 atom stereocenters. The van der Waals surface area contributed by atoms with Gasteiger partial charge in [0, 0.05) is 20.1 Å². The van der Waals surface area contributed by atoms with E-state index in [1.54, 1.807) is 14.2 Å². The average Bonchev–Trinajstić information content (AvgIpc) is 2.62. The Hall–Kier alpha value is -1.16. The van der Waals surface area contributed by atoms with Crippen molar-refractivity contribution in [3.63, 3.8) is 0 Å². The molecule has 3 unspecified atom stereocenters. The standard InChI is InChI=1S/C25H42O3/c1-18(2)11-9-12-19(3)13-10-14-20(4)15-16-23-22(6)25(27-7,28-8)21(5)17-24(23)26/h11,13,15,17,22-24,26H,9-10,12,14,16H2,1-8H3/b19-13+,20-15+. The van der Waals surface area contributed by atoms with Crippen LogP contribution < -0.4 is 0 Å². The third-order valence-electron chi connectivity index (χ3n) is 6.12. The Balaban J connectivity index is 2.63. The maximum Gasteiger partial charge on any atom is 0.192 e. The van der Waals surface area contributed by atoms with E-state index in [4.69, 9.17) is 9.47 Å². The molecule has 28 heavy (non-hydrogen) atoms. The highest BCUT2D eigenvalue weighted by Gasteiger charge is 2.47. The van der Waals surface area contributed by atoms with Gasteiger partial charge in [0.2, 0.25) is 0 Å². The van der Waals surface area contributed by atoms with Crippen LogP contribution in [0.1, 0.15) is 73.6 Å². The second-order valence-electron chi connectivity index (χ2n) is 8.56. The number of methoxy groups -OCH3 is 2. The summed E-state index contributed by atoms with van der Waals surface area (Å²) in [4.78, 5) is 0. The van der Waals surface area contributed by atoms with Crippen LogP contribution in [0.3, 0.4) is 0 Å². The summed E-state index contributed by atoms with van der Waals surface area (Å²) >= 11 is 0. The van der Waals surface area contributed by atoms with Crippen LogP contribution in [0, 0.1) is 11.8 Å². The quantitative estimate of drug-likeness (QED) is 0.348. The minimum Gasteiger partial charge on any atom is -0.389 e. The Bertz CT molecular complexity index is 601. The lowest BCUT2D eigenvalue weighted by Crippen LogP contribution is -2.51. The maximum absolute atomic E-state index is 10.6. The summed E-state index contributed by atoms with van der Waals surface area (Å²) in [5.41, 5.74) is 5.18. The number of allylic oxidation sites excluding steroid dienone is 6. The van der Waals surface area contributed by atoms with Crippen molar-refractivity contribution in [1.82, 2.24) is 0 Å². The fourth-order valence-corrected chi connectivity index (χ4v) is 4.23. The molecular weight excluding hydrogens is 348 g/mol. The maximum atomic E-state index is 10.6. The zero-order valence-corrected chi connectivity index (χ0v) is 19.3. The van der Waals surface area contributed by atoms with E-state index in [0.717, 1.165) is 37.7 Å². The number of hydrogen-bond donors (Lipinski definition) is 1. The highest BCUT2D eigenvalue weighted by atomic mass is 16.7. The van der Waals surface area contributed by atoms with Crippen LogP contribution in [0.2, 0.25) is 0 Å². The van der Waals surface area contributed by atoms with Crippen LogP contribution >= 0.6 is 0 Å². The summed E-state index contributed by atoms with van der Waals surface area (Å²) in [6, 6.07) is 0. The van der Waals surface area contributed by atoms with Crippen LogP contribution in [-0.4, -0.2) is 31.2 Å². The first-order chi connectivity index (χ1) is 13.2. The van der Waals surface area contributed by atoms with Crippen molar-refractivity contribution in [2.75, 3.05) is 14.2 Å². The molecule has 0 fully saturated rings. The Morgan fingerprint density at radius 2 is 1.54 bits per heavy atom. The summed E-state index contributed by atoms with van der Waals surface area (Å²) in [5, 5.41) is 10.6. The smallest absolute Gasteiger partial charge is 0.192 e. The molecule has 0 aliphatic heterocycles. The lowest BCUT2D eigenvalue weighted by Gasteiger charge is -2.45. The fourth-order valence-electron chi connectivity index (χ4n) is 4.23. The average molecular weight is 391 g/mol. The SMILES string of the molecule is COC1(OC)C(C)=CC(O)C(C/C=C(\C)CC/C=C(\C)CCC=C(C)C)C1C. The van der Waals surface area contributed by atoms with Gasteiger partial charge in [-0.2, -0.15) is 0 Å². The second kappa shape index (κ2) is 11.7. The molecule has 1 aliphatic rings. The number of ether oxygens (including phenoxy) is 2. The molecule has 3 nitrogen and oxygen atoms in total. The van der Waals surface area contributed by atoms with Crippen molar-refractivity contribution < 1.29 is 14.6 Å². The molecule has 1 aliphatic carbocycles. The van der Waals surface area contributed by atoms with E-state index in [-0.39, 0.29) is 11.8 Å². The van der Waals surface area contributed by atoms with Gasteiger partial charge < -0.3 is 14.6 Å². The van der Waals surface area contributed by atoms with Crippen LogP contribution in [0.15, 0.2) is 46.6 Å². The van der Waals surface area contributed by atoms with E-state index >= 15 is 0 Å². The molecule has 0 bridgehead atoms. The first kappa shape index (κ1) is 24.9. The molecule has 0 amide bonds. The van der Waals surface area contributed by atoms with E-state index in [0.29, 0.717) is 0 Å². The van der Waals surface area contributed by atoms with Gasteiger partial charge in [-0.15, -0.1) is 0 Å². The summed E-state index contributed by atoms with van der Waals surface area (Å²) in [6.07, 6.45) is 13.6. The van der Waals surface area contributed by atoms with Gasteiger partial charge in [-0.3, -0.25) is 0 Å². The molecule has 0 saturated carbocycles. The van der Waals surface area contributed by atoms with Crippen molar-refractivity contribution in [2.24, 2.45) is 11.8 Å². The molecule has 0 aromatic rings. The van der Waals surface area contributed by atoms with Crippen molar-refractivity contribution in [3.8, 4) is 0 Å². The van der Waals surface area contributed by atoms with E-state index < -0.39 is 11.9 Å². The highest BCUT2D eigenvalue weighted by Crippen LogP contribution is 2.42. The van der Waals surface area contributed by atoms with Crippen molar-refractivity contribution in [3.05, 3.63) is 46.6 Å². The zero-order valence-electron chi connectivity index (χ0n) is 19.3. The van der Waals surface area contributed by atoms with Gasteiger partial charge in [-0.1, -0.05) is 47.9 Å². The minimum absolute atomic E-state index is 0.0729. The summed E-state index contributed by atoms with van der Waals surface area (Å²) < 4.78 is 11.5. The Kier molecular flexibility index (Phi) is 10.4. The predicted molar refractivity (Wildman–Crippen MR) is 119 cm³/mol. The van der Waals surface area contributed by atoms with E-state index in [1.165, 1.54) is 16.7 Å². The van der Waals surface area contributed by atoms with E-state index in [2.05, 4.69) is 52.8 Å². The van der Waals surface area contributed by atoms with Gasteiger partial charge in [0.15, 0.2) is 5.79 Å². The van der Waals surface area contributed by atoms with Crippen LogP contribution in [0.5, 0.6) is 0 Å². The van der Waals surface area contributed by atoms with Crippen LogP contribution in [0.25, 0.3) is 0 Å². The summed E-state index contributed by atoms with van der Waals surface area (Å²) in [6.45, 7) is 12.8. The molecule has 0 aromatic heterocycles. The number of rotatable bonds is 10. The molecule has 160 valence electrons. The fraction of sp³-hybridized carbons (Fsp3) is 0.680. The van der Waals surface area contributed by atoms with Gasteiger partial charge in [0.05, 0.1) is 6.10 Å². The third-order valence-corrected chi connectivity index (χ3v) is 6.12. The zero-order chi connectivity index (χ0) is 21.3. The van der Waals surface area contributed by atoms with Gasteiger partial charge in [0.1, 0.15) is 0 Å². The third kappa shape index (κ3) is 6.72. The minimum atomic E-state index is -0.739. The molecule has 0 radical (unpaired) electrons. The lowest BCUT2D eigenvalue weighted by atomic mass is 9.73. The highest BCUT2D eigenvalue weighted by molar-refractivity contribution is 5.21. The van der Waals surface area contributed by atoms with Crippen LogP contribution in [0.4, 0.5) is 0 Å². The van der Waals surface area contributed by atoms with Crippen molar-refractivity contribution >= 4 is 0 Å². The van der Waals surface area contributed by atoms with Gasteiger partial charge >= 0.3 is 0 Å². The molecule has 1 N–H and O–H groups in total. The van der Waals surface area contributed by atoms with Gasteiger partial charge in [-0.25, -0.2) is 0 Å². The normalized spacial score (nSPS) is 25.5. The summed E-state index contributed by atoms with van der Waals surface area (Å²) in [5.74, 6) is -0.583. The molecule has 0 saturated heterocycles. The molecule has 1 rings (SSSR count). The topological polar surface area (TPSA) is 38.7 Å². The molecular formula is C25H42O3. The Morgan fingerprint density at radius 1 is 1.00 bits per heavy atom. The first-order valence-corrected chi connectivity index (χ1v) is 10.6. The molecule has 3 heteroatoms. The van der Waals surface area contributed by atoms with Crippen molar-refractivity contribution in [1.29, 1.82) is 0 Å². The van der Waals surface area contributed by atoms with Crippen molar-refractivity contribution in [2.45, 2.75) is 85.5 Å². The number of hydrogen-bond acceptors (Lipinski definition) is 3. The second-order valence-corrected chi connectivity index (χ2v) is 8.56. The van der Waals surface area contributed by atoms with Gasteiger partial charge in [-0.05, 0) is 78.2 Å². The molecule has 0 aromatic carbocycles. The number of aliphatic hydroxyl groups excluding tert-OH is 1. The lowest BCUT2D eigenvalue weighted by molar-refractivity contribution is -0.229. The Labute approximate surface area is 173 Å². The first-order valence-electron chi connectivity index (χ1n) is 10.6. The molecule has 0 spiro atoms. The number of aliphatic hydroxyl groups is 1. The molecule has 0 heterocycles. The van der Waals surface area contributed by atoms with E-state index in [1.807, 2.05) is 13.0 Å². The Morgan fingerprint density at radius 3 is 2.07 bits per heavy atom. The van der Waals surface area contributed by atoms with E-state index in [9.17, 15) is 5.11 Å². The van der Waals surface area contributed by atoms with Gasteiger partial charge in [0.25, 0.3) is 0 Å². The largest absolute Gasteiger partial charge is 0.389 e. The monoisotopic (exact) mass is 390 g/mol. The predicted octanol–water partition coefficient (Wildman–Crippen LogP) is 6.36. The van der Waals surface area contributed by atoms with Crippen LogP contribution in [-0.2, 0) is 9.47 Å².